The lowest BCUT2D eigenvalue weighted by Gasteiger charge is -2.15. The van der Waals surface area contributed by atoms with E-state index in [-0.39, 0.29) is 66.0 Å². The molecule has 0 atom stereocenters. The molecule has 50 heteroatoms. The van der Waals surface area contributed by atoms with Gasteiger partial charge in [0.05, 0.1) is 39.7 Å². The van der Waals surface area contributed by atoms with Gasteiger partial charge in [-0.15, -0.1) is 35.8 Å². The van der Waals surface area contributed by atoms with E-state index in [1.54, 1.807) is 24.3 Å². The second-order valence-electron chi connectivity index (χ2n) is 19.9. The Morgan fingerprint density at radius 1 is 0.485 bits per heavy atom. The molecule has 0 spiro atoms. The number of anilines is 2. The molecule has 0 radical (unpaired) electrons. The third kappa shape index (κ3) is 17.5. The van der Waals surface area contributed by atoms with Crippen LogP contribution in [0, 0.1) is 24.0 Å². The van der Waals surface area contributed by atoms with Crippen LogP contribution in [-0.2, 0) is 80.9 Å². The maximum Gasteiger partial charge on any atom is 0.297 e. The number of nitro benzene ring substituents is 1. The zero-order valence-corrected chi connectivity index (χ0v) is 56.1. The molecule has 0 saturated heterocycles. The fourth-order valence-electron chi connectivity index (χ4n) is 8.68. The van der Waals surface area contributed by atoms with Gasteiger partial charge < -0.3 is 24.9 Å². The van der Waals surface area contributed by atoms with Crippen LogP contribution in [0.5, 0.6) is 23.0 Å². The van der Waals surface area contributed by atoms with Crippen molar-refractivity contribution in [1.29, 1.82) is 0 Å². The standard InChI is InChI=1S/C49H41N11O30S9/c1-22-4-7-25(8-5-22)90-91-59-32-14-23(2)31(18-36(32)89-12-3-13-92(65,66)67)53-54-33-19-40(96(77,78)79)34(20-39(33)95(74,75)76)55-57-45-41(97(80,81)82)16-27-26(47(45)61)9-11-30(49(27)99(86,87)88)52-56-35-21-37(93(68,69)70)28-17-42(98(83,84)85)46(48(62)43(28)44(35)50)58-51-29-10-6-24(60(63)64)15-38(29)94(71,72)73/h4-11,14-21,59,61-62H,3,12-13,50H2,1-2H3,(H,65,66,67)(H,68,69,70)(H,71,72,73)(H,74,75,76)(H,77,78,79)(H,80,81,82)(H,83,84,85)(H,86,87,88). The molecule has 0 bridgehead atoms. The second kappa shape index (κ2) is 27.7. The van der Waals surface area contributed by atoms with Crippen molar-refractivity contribution in [1.82, 2.24) is 0 Å². The summed E-state index contributed by atoms with van der Waals surface area (Å²) >= 11 is 0.697. The highest BCUT2D eigenvalue weighted by Crippen LogP contribution is 2.51. The molecule has 8 aromatic carbocycles. The number of azo groups is 4. The van der Waals surface area contributed by atoms with Gasteiger partial charge in [0, 0.05) is 34.4 Å². The zero-order chi connectivity index (χ0) is 73.7. The SMILES string of the molecule is Cc1ccc(OSNc2cc(C)c(N=Nc3cc(S(=O)(=O)O)c(N=Nc4c(S(=O)(=O)O)cc5c(S(=O)(=O)O)c(N=Nc6cc(S(=O)(=O)O)c7cc(S(=O)(=O)O)c(N=Nc8ccc([N+](=O)[O-])cc8S(=O)(=O)O)c(O)c7c6N)ccc5c4O)cc3S(=O)(=O)O)cc2OCCCS(=O)(=O)O)cc1. The van der Waals surface area contributed by atoms with Gasteiger partial charge in [0.15, 0.2) is 23.7 Å². The Bertz CT molecular complexity index is 5870. The summed E-state index contributed by atoms with van der Waals surface area (Å²) in [6, 6.07) is 13.1. The number of hydrogen-bond donors (Lipinski definition) is 12. The predicted octanol–water partition coefficient (Wildman–Crippen LogP) is 9.61. The second-order valence-corrected chi connectivity index (χ2v) is 31.7. The van der Waals surface area contributed by atoms with E-state index in [2.05, 4.69) is 45.6 Å². The summed E-state index contributed by atoms with van der Waals surface area (Å²) in [5, 5.41) is 58.8. The number of hydrogen-bond acceptors (Lipinski definition) is 33. The zero-order valence-electron chi connectivity index (χ0n) is 48.8. The first-order valence-corrected chi connectivity index (χ1v) is 38.3. The molecule has 41 nitrogen and oxygen atoms in total. The maximum absolute atomic E-state index is 13.2. The Hall–Kier alpha value is -9.49. The molecular formula is C49H41N11O30S9. The normalized spacial score (nSPS) is 13.2. The Labute approximate surface area is 561 Å². The fourth-order valence-corrected chi connectivity index (χ4v) is 14.4. The van der Waals surface area contributed by atoms with Crippen molar-refractivity contribution in [2.45, 2.75) is 54.5 Å². The Morgan fingerprint density at radius 3 is 1.47 bits per heavy atom. The summed E-state index contributed by atoms with van der Waals surface area (Å²) in [5.74, 6) is -3.57. The maximum atomic E-state index is 13.2. The lowest BCUT2D eigenvalue weighted by molar-refractivity contribution is -0.385. The number of non-ortho nitro benzene ring substituents is 1. The predicted molar refractivity (Wildman–Crippen MR) is 341 cm³/mol. The fraction of sp³-hybridized carbons (Fsp3) is 0.102. The highest BCUT2D eigenvalue weighted by Gasteiger charge is 2.33. The number of benzene rings is 8. The minimum Gasteiger partial charge on any atom is -0.505 e. The highest BCUT2D eigenvalue weighted by molar-refractivity contribution is 7.96. The van der Waals surface area contributed by atoms with E-state index in [9.17, 15) is 124 Å². The first-order chi connectivity index (χ1) is 45.5. The van der Waals surface area contributed by atoms with Crippen LogP contribution in [0.25, 0.3) is 21.5 Å². The molecule has 0 fully saturated rings. The molecule has 0 aliphatic rings. The Kier molecular flexibility index (Phi) is 21.0. The molecule has 0 saturated carbocycles. The number of aryl methyl sites for hydroxylation is 2. The summed E-state index contributed by atoms with van der Waals surface area (Å²) in [7, 11) is -44.4. The van der Waals surface area contributed by atoms with E-state index in [0.29, 0.717) is 48.3 Å². The summed E-state index contributed by atoms with van der Waals surface area (Å²) in [6.45, 7) is 2.92. The smallest absolute Gasteiger partial charge is 0.297 e. The van der Waals surface area contributed by atoms with Gasteiger partial charge in [0.1, 0.15) is 85.6 Å². The number of nitrogens with two attached hydrogens (primary N) is 1. The molecule has 526 valence electrons. The van der Waals surface area contributed by atoms with E-state index in [0.717, 1.165) is 5.56 Å². The van der Waals surface area contributed by atoms with Gasteiger partial charge in [-0.3, -0.25) is 51.3 Å². The number of nitro groups is 1. The first-order valence-electron chi connectivity index (χ1n) is 25.8. The number of rotatable bonds is 25. The van der Waals surface area contributed by atoms with E-state index >= 15 is 0 Å². The molecule has 8 aromatic rings. The monoisotopic (exact) mass is 1550 g/mol. The number of phenols is 2. The van der Waals surface area contributed by atoms with Gasteiger partial charge in [-0.05, 0) is 92.6 Å². The molecule has 8 rings (SSSR count). The Balaban J connectivity index is 1.23. The largest absolute Gasteiger partial charge is 0.505 e. The minimum absolute atomic E-state index is 0.0966. The number of ether oxygens (including phenoxy) is 1. The van der Waals surface area contributed by atoms with Crippen LogP contribution in [0.1, 0.15) is 17.5 Å². The van der Waals surface area contributed by atoms with E-state index in [4.69, 9.17) is 14.7 Å². The van der Waals surface area contributed by atoms with Crippen molar-refractivity contribution in [3.63, 3.8) is 0 Å². The van der Waals surface area contributed by atoms with Crippen molar-refractivity contribution in [2.24, 2.45) is 40.9 Å². The van der Waals surface area contributed by atoms with Gasteiger partial charge in [-0.2, -0.15) is 72.5 Å². The Morgan fingerprint density at radius 2 is 0.949 bits per heavy atom. The lowest BCUT2D eigenvalue weighted by Crippen LogP contribution is -2.09. The number of nitrogens with one attached hydrogen (secondary N) is 1. The van der Waals surface area contributed by atoms with Crippen molar-refractivity contribution in [3.05, 3.63) is 118 Å². The third-order valence-corrected chi connectivity index (χ3v) is 20.7. The topological polar surface area (TPSA) is 674 Å². The average Bonchev–Trinajstić information content (AvgIpc) is 0.746. The number of fused-ring (bicyclic) bond motifs is 2. The van der Waals surface area contributed by atoms with Gasteiger partial charge >= 0.3 is 0 Å². The van der Waals surface area contributed by atoms with Crippen LogP contribution >= 0.6 is 12.2 Å². The quantitative estimate of drug-likeness (QED) is 0.00370. The number of nitrogen functional groups attached to an aromatic ring is 1. The summed E-state index contributed by atoms with van der Waals surface area (Å²) in [6.07, 6.45) is -0.249. The van der Waals surface area contributed by atoms with E-state index in [1.165, 1.54) is 19.1 Å². The van der Waals surface area contributed by atoms with Crippen LogP contribution in [0.4, 0.5) is 62.6 Å². The van der Waals surface area contributed by atoms with Crippen LogP contribution < -0.4 is 19.4 Å². The van der Waals surface area contributed by atoms with Crippen molar-refractivity contribution >= 4 is 177 Å². The van der Waals surface area contributed by atoms with Gasteiger partial charge in [-0.1, -0.05) is 17.7 Å². The molecule has 0 aliphatic heterocycles. The lowest BCUT2D eigenvalue weighted by atomic mass is 10.0. The molecule has 99 heavy (non-hydrogen) atoms. The minimum atomic E-state index is -5.91. The number of phenolic OH excluding ortho intramolecular Hbond substituents is 2. The molecule has 13 N–H and O–H groups in total. The van der Waals surface area contributed by atoms with Crippen LogP contribution in [0.3, 0.4) is 0 Å². The number of nitrogens with zero attached hydrogens (tertiary/aromatic N) is 9. The average molecular weight is 1550 g/mol. The van der Waals surface area contributed by atoms with E-state index < -0.39 is 210 Å². The summed E-state index contributed by atoms with van der Waals surface area (Å²) in [5.41, 5.74) is -3.19. The van der Waals surface area contributed by atoms with E-state index in [1.807, 2.05) is 6.92 Å². The highest BCUT2D eigenvalue weighted by atomic mass is 32.3. The molecule has 0 amide bonds. The molecule has 0 aromatic heterocycles. The van der Waals surface area contributed by atoms with Crippen LogP contribution in [-0.4, -0.2) is 131 Å². The third-order valence-electron chi connectivity index (χ3n) is 13.1. The molecular weight excluding hydrogens is 1510 g/mol. The van der Waals surface area contributed by atoms with Crippen LogP contribution in [0.2, 0.25) is 0 Å². The van der Waals surface area contributed by atoms with Gasteiger partial charge in [0.25, 0.3) is 86.6 Å². The number of aromatic hydroxyl groups is 2. The van der Waals surface area contributed by atoms with Crippen molar-refractivity contribution in [2.75, 3.05) is 22.8 Å². The van der Waals surface area contributed by atoms with Gasteiger partial charge in [-0.25, -0.2) is 0 Å². The van der Waals surface area contributed by atoms with Gasteiger partial charge in [0.2, 0.25) is 0 Å². The summed E-state index contributed by atoms with van der Waals surface area (Å²) in [4.78, 5) is -0.214. The molecule has 0 heterocycles. The summed E-state index contributed by atoms with van der Waals surface area (Å²) < 4.78 is 298. The van der Waals surface area contributed by atoms with Crippen LogP contribution in [0.15, 0.2) is 172 Å². The molecule has 0 unspecified atom stereocenters. The molecule has 0 aliphatic carbocycles. The van der Waals surface area contributed by atoms with Crippen molar-refractivity contribution < 1.29 is 128 Å². The van der Waals surface area contributed by atoms with Crippen molar-refractivity contribution in [3.8, 4) is 23.0 Å². The first kappa shape index (κ1) is 75.3.